The summed E-state index contributed by atoms with van der Waals surface area (Å²) >= 11 is 9.49. The number of rotatable bonds is 7. The maximum atomic E-state index is 14.0. The predicted octanol–water partition coefficient (Wildman–Crippen LogP) is 5.79. The molecule has 26 heavy (non-hydrogen) atoms. The molecule has 2 aromatic carbocycles. The molecule has 5 heteroatoms. The van der Waals surface area contributed by atoms with E-state index in [1.807, 2.05) is 36.4 Å². The van der Waals surface area contributed by atoms with Crippen LogP contribution >= 0.6 is 27.5 Å². The van der Waals surface area contributed by atoms with Crippen LogP contribution in [0.1, 0.15) is 17.5 Å². The first-order valence-corrected chi connectivity index (χ1v) is 9.65. The summed E-state index contributed by atoms with van der Waals surface area (Å²) < 4.78 is 20.9. The van der Waals surface area contributed by atoms with Gasteiger partial charge < -0.3 is 10.1 Å². The van der Waals surface area contributed by atoms with Crippen LogP contribution in [0.2, 0.25) is 5.02 Å². The number of nitrogens with one attached hydrogen (secondary N) is 1. The molecule has 0 saturated carbocycles. The van der Waals surface area contributed by atoms with Gasteiger partial charge in [0, 0.05) is 29.1 Å². The van der Waals surface area contributed by atoms with Gasteiger partial charge >= 0.3 is 0 Å². The fraction of sp³-hybridized carbons (Fsp3) is 0.238. The first kappa shape index (κ1) is 19.2. The molecule has 0 bridgehead atoms. The first-order chi connectivity index (χ1) is 12.6. The summed E-state index contributed by atoms with van der Waals surface area (Å²) in [4.78, 5) is 0. The molecule has 1 aliphatic rings. The number of hydrogen-bond acceptors (Lipinski definition) is 2. The van der Waals surface area contributed by atoms with Crippen LogP contribution < -0.4 is 10.1 Å². The highest BCUT2D eigenvalue weighted by atomic mass is 79.9. The van der Waals surface area contributed by atoms with Crippen molar-refractivity contribution in [2.75, 3.05) is 13.1 Å². The van der Waals surface area contributed by atoms with Crippen molar-refractivity contribution in [2.24, 2.45) is 0 Å². The number of benzene rings is 2. The van der Waals surface area contributed by atoms with Gasteiger partial charge in [0.1, 0.15) is 11.6 Å². The normalized spacial score (nSPS) is 18.7. The number of hydrogen-bond donors (Lipinski definition) is 1. The molecule has 0 radical (unpaired) electrons. The molecule has 2 aromatic rings. The van der Waals surface area contributed by atoms with Crippen molar-refractivity contribution in [3.05, 3.63) is 87.6 Å². The maximum absolute atomic E-state index is 14.0. The highest BCUT2D eigenvalue weighted by molar-refractivity contribution is 9.10. The van der Waals surface area contributed by atoms with Crippen molar-refractivity contribution in [2.45, 2.75) is 18.4 Å². The smallest absolute Gasteiger partial charge is 0.156 e. The Balaban J connectivity index is 1.90. The Morgan fingerprint density at radius 2 is 2.12 bits per heavy atom. The zero-order valence-electron chi connectivity index (χ0n) is 14.3. The lowest BCUT2D eigenvalue weighted by atomic mass is 9.88. The number of fused-ring (bicyclic) bond motifs is 1. The van der Waals surface area contributed by atoms with E-state index in [0.717, 1.165) is 30.6 Å². The van der Waals surface area contributed by atoms with Crippen molar-refractivity contribution in [1.29, 1.82) is 0 Å². The summed E-state index contributed by atoms with van der Waals surface area (Å²) in [5.74, 6) is 0.0378. The molecule has 0 spiro atoms. The van der Waals surface area contributed by atoms with Crippen LogP contribution in [-0.4, -0.2) is 13.1 Å². The molecule has 1 atom stereocenters. The Kier molecular flexibility index (Phi) is 6.17. The molecule has 0 saturated heterocycles. The Morgan fingerprint density at radius 1 is 1.35 bits per heavy atom. The monoisotopic (exact) mass is 435 g/mol. The van der Waals surface area contributed by atoms with Gasteiger partial charge in [0.05, 0.1) is 5.02 Å². The van der Waals surface area contributed by atoms with E-state index in [4.69, 9.17) is 16.3 Å². The Labute approximate surface area is 166 Å². The molecule has 3 rings (SSSR count). The maximum Gasteiger partial charge on any atom is 0.156 e. The molecule has 136 valence electrons. The second-order valence-corrected chi connectivity index (χ2v) is 7.35. The molecule has 2 nitrogen and oxygen atoms in total. The van der Waals surface area contributed by atoms with E-state index in [1.54, 1.807) is 0 Å². The molecule has 1 N–H and O–H groups in total. The van der Waals surface area contributed by atoms with E-state index in [2.05, 4.69) is 40.0 Å². The van der Waals surface area contributed by atoms with Gasteiger partial charge in [-0.3, -0.25) is 0 Å². The third-order valence-corrected chi connectivity index (χ3v) is 5.85. The van der Waals surface area contributed by atoms with Gasteiger partial charge in [-0.2, -0.15) is 0 Å². The minimum Gasteiger partial charge on any atom is -0.478 e. The zero-order valence-corrected chi connectivity index (χ0v) is 16.6. The fourth-order valence-electron chi connectivity index (χ4n) is 3.10. The summed E-state index contributed by atoms with van der Waals surface area (Å²) in [7, 11) is 0. The molecule has 0 amide bonds. The molecule has 1 aliphatic heterocycles. The third kappa shape index (κ3) is 3.88. The van der Waals surface area contributed by atoms with Gasteiger partial charge in [-0.1, -0.05) is 54.1 Å². The number of ether oxygens (including phenoxy) is 1. The third-order valence-electron chi connectivity index (χ3n) is 4.38. The second-order valence-electron chi connectivity index (χ2n) is 6.18. The Morgan fingerprint density at radius 3 is 2.85 bits per heavy atom. The standard InChI is InChI=1S/C21H20BrClFNO/c1-2-11-25-12-7-6-10-21(15-8-4-3-5-9-15)14-16-18(26-21)13-17(24)20(23)19(16)22/h2-6,8-10,13,25H,1,7,11-12,14H2. The molecule has 1 unspecified atom stereocenters. The fourth-order valence-corrected chi connectivity index (χ4v) is 3.79. The summed E-state index contributed by atoms with van der Waals surface area (Å²) in [5.41, 5.74) is 1.24. The number of halogens is 3. The van der Waals surface area contributed by atoms with E-state index >= 15 is 0 Å². The summed E-state index contributed by atoms with van der Waals surface area (Å²) in [5, 5.41) is 3.36. The zero-order chi connectivity index (χ0) is 18.6. The Bertz CT molecular complexity index is 825. The van der Waals surface area contributed by atoms with Gasteiger partial charge in [-0.15, -0.1) is 6.58 Å². The van der Waals surface area contributed by atoms with E-state index in [9.17, 15) is 4.39 Å². The summed E-state index contributed by atoms with van der Waals surface area (Å²) in [6.07, 6.45) is 7.45. The largest absolute Gasteiger partial charge is 0.478 e. The van der Waals surface area contributed by atoms with Crippen LogP contribution in [0, 0.1) is 5.82 Å². The van der Waals surface area contributed by atoms with Crippen molar-refractivity contribution >= 4 is 27.5 Å². The summed E-state index contributed by atoms with van der Waals surface area (Å²) in [6.45, 7) is 5.32. The van der Waals surface area contributed by atoms with Crippen LogP contribution in [-0.2, 0) is 12.0 Å². The lowest BCUT2D eigenvalue weighted by Gasteiger charge is -2.26. The molecule has 1 heterocycles. The van der Waals surface area contributed by atoms with Gasteiger partial charge in [-0.25, -0.2) is 4.39 Å². The Hall–Kier alpha value is -1.62. The lowest BCUT2D eigenvalue weighted by Crippen LogP contribution is -2.29. The topological polar surface area (TPSA) is 21.3 Å². The molecule has 0 aliphatic carbocycles. The minimum absolute atomic E-state index is 0.0915. The molecule has 0 aromatic heterocycles. The van der Waals surface area contributed by atoms with E-state index in [0.29, 0.717) is 16.6 Å². The average molecular weight is 437 g/mol. The van der Waals surface area contributed by atoms with Crippen LogP contribution in [0.25, 0.3) is 0 Å². The lowest BCUT2D eigenvalue weighted by molar-refractivity contribution is 0.148. The molecular formula is C21H20BrClFNO. The van der Waals surface area contributed by atoms with E-state index in [1.165, 1.54) is 6.07 Å². The van der Waals surface area contributed by atoms with Gasteiger partial charge in [0.15, 0.2) is 5.60 Å². The van der Waals surface area contributed by atoms with Gasteiger partial charge in [0.25, 0.3) is 0 Å². The van der Waals surface area contributed by atoms with Crippen molar-refractivity contribution in [3.8, 4) is 5.75 Å². The van der Waals surface area contributed by atoms with Crippen LogP contribution in [0.4, 0.5) is 4.39 Å². The minimum atomic E-state index is -0.665. The average Bonchev–Trinajstić information content (AvgIpc) is 3.03. The van der Waals surface area contributed by atoms with Gasteiger partial charge in [-0.05, 0) is 40.5 Å². The molecule has 0 fully saturated rings. The van der Waals surface area contributed by atoms with Crippen molar-refractivity contribution in [1.82, 2.24) is 5.32 Å². The van der Waals surface area contributed by atoms with Crippen LogP contribution in [0.3, 0.4) is 0 Å². The van der Waals surface area contributed by atoms with E-state index < -0.39 is 11.4 Å². The quantitative estimate of drug-likeness (QED) is 0.337. The molecular weight excluding hydrogens is 417 g/mol. The van der Waals surface area contributed by atoms with E-state index in [-0.39, 0.29) is 5.02 Å². The highest BCUT2D eigenvalue weighted by Crippen LogP contribution is 2.48. The highest BCUT2D eigenvalue weighted by Gasteiger charge is 2.40. The summed E-state index contributed by atoms with van der Waals surface area (Å²) in [6, 6.07) is 11.3. The van der Waals surface area contributed by atoms with Gasteiger partial charge in [0.2, 0.25) is 0 Å². The second kappa shape index (κ2) is 8.38. The van der Waals surface area contributed by atoms with Crippen molar-refractivity contribution in [3.63, 3.8) is 0 Å². The van der Waals surface area contributed by atoms with Crippen molar-refractivity contribution < 1.29 is 9.13 Å². The first-order valence-electron chi connectivity index (χ1n) is 8.47. The van der Waals surface area contributed by atoms with Crippen LogP contribution in [0.5, 0.6) is 5.75 Å². The predicted molar refractivity (Wildman–Crippen MR) is 108 cm³/mol. The van der Waals surface area contributed by atoms with Crippen LogP contribution in [0.15, 0.2) is 65.7 Å². The SMILES string of the molecule is C=CCNCCC=CC1(c2ccccc2)Cc2c(cc(F)c(Cl)c2Br)O1.